The standard InChI is InChI=1S/C12H15NO2/c1-3-11(13-5-7-14-8-6-13)4-2-10(1)12-9-15-12/h1-4,12H,5-9H2/t12-/m1/s1. The van der Waals surface area contributed by atoms with Gasteiger partial charge in [0.05, 0.1) is 19.8 Å². The molecule has 0 unspecified atom stereocenters. The van der Waals surface area contributed by atoms with Crippen molar-refractivity contribution >= 4 is 5.69 Å². The van der Waals surface area contributed by atoms with Gasteiger partial charge in [-0.25, -0.2) is 0 Å². The van der Waals surface area contributed by atoms with Crippen molar-refractivity contribution in [3.63, 3.8) is 0 Å². The van der Waals surface area contributed by atoms with Crippen LogP contribution in [-0.2, 0) is 9.47 Å². The smallest absolute Gasteiger partial charge is 0.106 e. The highest BCUT2D eigenvalue weighted by atomic mass is 16.6. The van der Waals surface area contributed by atoms with E-state index in [0.29, 0.717) is 6.10 Å². The van der Waals surface area contributed by atoms with Crippen LogP contribution in [0.15, 0.2) is 24.3 Å². The maximum absolute atomic E-state index is 5.33. The monoisotopic (exact) mass is 205 g/mol. The molecule has 0 spiro atoms. The molecule has 0 aromatic heterocycles. The van der Waals surface area contributed by atoms with Crippen LogP contribution in [-0.4, -0.2) is 32.9 Å². The first kappa shape index (κ1) is 9.19. The molecule has 2 aliphatic rings. The molecular weight excluding hydrogens is 190 g/mol. The largest absolute Gasteiger partial charge is 0.378 e. The Kier molecular flexibility index (Phi) is 2.35. The Bertz CT molecular complexity index is 326. The van der Waals surface area contributed by atoms with Gasteiger partial charge in [-0.15, -0.1) is 0 Å². The Morgan fingerprint density at radius 3 is 2.33 bits per heavy atom. The third-order valence-corrected chi connectivity index (χ3v) is 2.97. The quantitative estimate of drug-likeness (QED) is 0.685. The van der Waals surface area contributed by atoms with Gasteiger partial charge in [0, 0.05) is 18.8 Å². The maximum Gasteiger partial charge on any atom is 0.106 e. The summed E-state index contributed by atoms with van der Waals surface area (Å²) in [6.07, 6.45) is 0.365. The summed E-state index contributed by atoms with van der Waals surface area (Å²) in [5, 5.41) is 0. The van der Waals surface area contributed by atoms with Crippen molar-refractivity contribution < 1.29 is 9.47 Å². The summed E-state index contributed by atoms with van der Waals surface area (Å²) in [4.78, 5) is 2.36. The molecule has 2 aliphatic heterocycles. The maximum atomic E-state index is 5.33. The summed E-state index contributed by atoms with van der Waals surface area (Å²) in [5.41, 5.74) is 2.59. The molecule has 3 heteroatoms. The van der Waals surface area contributed by atoms with Crippen molar-refractivity contribution in [1.29, 1.82) is 0 Å². The number of rotatable bonds is 2. The van der Waals surface area contributed by atoms with Gasteiger partial charge in [-0.3, -0.25) is 0 Å². The van der Waals surface area contributed by atoms with E-state index >= 15 is 0 Å². The Hall–Kier alpha value is -1.06. The van der Waals surface area contributed by atoms with Crippen molar-refractivity contribution in [2.75, 3.05) is 37.8 Å². The van der Waals surface area contributed by atoms with E-state index in [4.69, 9.17) is 9.47 Å². The van der Waals surface area contributed by atoms with E-state index in [2.05, 4.69) is 29.2 Å². The molecule has 2 saturated heterocycles. The molecule has 3 rings (SSSR count). The van der Waals surface area contributed by atoms with Crippen LogP contribution in [0.25, 0.3) is 0 Å². The van der Waals surface area contributed by atoms with E-state index in [9.17, 15) is 0 Å². The molecule has 3 nitrogen and oxygen atoms in total. The summed E-state index contributed by atoms with van der Waals surface area (Å²) in [7, 11) is 0. The van der Waals surface area contributed by atoms with Crippen LogP contribution in [0.5, 0.6) is 0 Å². The summed E-state index contributed by atoms with van der Waals surface area (Å²) < 4.78 is 10.6. The summed E-state index contributed by atoms with van der Waals surface area (Å²) >= 11 is 0. The lowest BCUT2D eigenvalue weighted by atomic mass is 10.1. The molecular formula is C12H15NO2. The SMILES string of the molecule is c1cc(N2CCOCC2)ccc1[C@H]1CO1. The number of ether oxygens (including phenoxy) is 2. The summed E-state index contributed by atoms with van der Waals surface area (Å²) in [5.74, 6) is 0. The van der Waals surface area contributed by atoms with E-state index < -0.39 is 0 Å². The van der Waals surface area contributed by atoms with Crippen LogP contribution in [0, 0.1) is 0 Å². The second-order valence-corrected chi connectivity index (χ2v) is 4.01. The minimum Gasteiger partial charge on any atom is -0.378 e. The molecule has 2 heterocycles. The minimum absolute atomic E-state index is 0.365. The molecule has 2 fully saturated rings. The minimum atomic E-state index is 0.365. The number of nitrogens with zero attached hydrogens (tertiary/aromatic N) is 1. The van der Waals surface area contributed by atoms with Crippen molar-refractivity contribution in [1.82, 2.24) is 0 Å². The van der Waals surface area contributed by atoms with Crippen molar-refractivity contribution in [3.8, 4) is 0 Å². The van der Waals surface area contributed by atoms with Gasteiger partial charge in [-0.05, 0) is 17.7 Å². The Morgan fingerprint density at radius 2 is 1.73 bits per heavy atom. The van der Waals surface area contributed by atoms with Crippen LogP contribution in [0.3, 0.4) is 0 Å². The molecule has 0 saturated carbocycles. The second kappa shape index (κ2) is 3.83. The van der Waals surface area contributed by atoms with E-state index in [0.717, 1.165) is 32.9 Å². The van der Waals surface area contributed by atoms with Crippen LogP contribution in [0.1, 0.15) is 11.7 Å². The van der Waals surface area contributed by atoms with Crippen molar-refractivity contribution in [2.45, 2.75) is 6.10 Å². The Labute approximate surface area is 89.6 Å². The fraction of sp³-hybridized carbons (Fsp3) is 0.500. The van der Waals surface area contributed by atoms with Crippen LogP contribution in [0.2, 0.25) is 0 Å². The van der Waals surface area contributed by atoms with Gasteiger partial charge in [0.25, 0.3) is 0 Å². The Morgan fingerprint density at radius 1 is 1.07 bits per heavy atom. The average molecular weight is 205 g/mol. The predicted molar refractivity (Wildman–Crippen MR) is 58.2 cm³/mol. The zero-order valence-electron chi connectivity index (χ0n) is 8.69. The molecule has 1 aromatic carbocycles. The fourth-order valence-electron chi connectivity index (χ4n) is 1.96. The molecule has 15 heavy (non-hydrogen) atoms. The molecule has 1 atom stereocenters. The highest BCUT2D eigenvalue weighted by Gasteiger charge is 2.24. The van der Waals surface area contributed by atoms with Crippen LogP contribution >= 0.6 is 0 Å². The summed E-state index contributed by atoms with van der Waals surface area (Å²) in [6, 6.07) is 8.70. The number of hydrogen-bond donors (Lipinski definition) is 0. The highest BCUT2D eigenvalue weighted by Crippen LogP contribution is 2.30. The van der Waals surface area contributed by atoms with E-state index in [1.165, 1.54) is 11.3 Å². The molecule has 0 amide bonds. The van der Waals surface area contributed by atoms with Gasteiger partial charge < -0.3 is 14.4 Å². The Balaban J connectivity index is 1.73. The molecule has 80 valence electrons. The van der Waals surface area contributed by atoms with Gasteiger partial charge in [0.1, 0.15) is 6.10 Å². The van der Waals surface area contributed by atoms with Gasteiger partial charge in [0.15, 0.2) is 0 Å². The topological polar surface area (TPSA) is 25.0 Å². The lowest BCUT2D eigenvalue weighted by Crippen LogP contribution is -2.36. The van der Waals surface area contributed by atoms with Gasteiger partial charge in [-0.1, -0.05) is 12.1 Å². The highest BCUT2D eigenvalue weighted by molar-refractivity contribution is 5.48. The first-order chi connectivity index (χ1) is 7.43. The number of morpholine rings is 1. The van der Waals surface area contributed by atoms with Gasteiger partial charge in [0.2, 0.25) is 0 Å². The summed E-state index contributed by atoms with van der Waals surface area (Å²) in [6.45, 7) is 4.57. The van der Waals surface area contributed by atoms with E-state index in [1.807, 2.05) is 0 Å². The number of epoxide rings is 1. The molecule has 0 N–H and O–H groups in total. The van der Waals surface area contributed by atoms with Gasteiger partial charge >= 0.3 is 0 Å². The first-order valence-corrected chi connectivity index (χ1v) is 5.48. The van der Waals surface area contributed by atoms with Crippen LogP contribution in [0.4, 0.5) is 5.69 Å². The van der Waals surface area contributed by atoms with Crippen molar-refractivity contribution in [2.24, 2.45) is 0 Å². The molecule has 0 aliphatic carbocycles. The lowest BCUT2D eigenvalue weighted by molar-refractivity contribution is 0.122. The number of benzene rings is 1. The third kappa shape index (κ3) is 1.98. The van der Waals surface area contributed by atoms with Crippen molar-refractivity contribution in [3.05, 3.63) is 29.8 Å². The zero-order chi connectivity index (χ0) is 10.1. The zero-order valence-corrected chi connectivity index (χ0v) is 8.69. The number of hydrogen-bond acceptors (Lipinski definition) is 3. The predicted octanol–water partition coefficient (Wildman–Crippen LogP) is 1.59. The lowest BCUT2D eigenvalue weighted by Gasteiger charge is -2.28. The first-order valence-electron chi connectivity index (χ1n) is 5.48. The number of anilines is 1. The van der Waals surface area contributed by atoms with Gasteiger partial charge in [-0.2, -0.15) is 0 Å². The average Bonchev–Trinajstić information content (AvgIpc) is 3.15. The second-order valence-electron chi connectivity index (χ2n) is 4.01. The molecule has 0 bridgehead atoms. The molecule has 1 aromatic rings. The van der Waals surface area contributed by atoms with E-state index in [-0.39, 0.29) is 0 Å². The third-order valence-electron chi connectivity index (χ3n) is 2.97. The van der Waals surface area contributed by atoms with E-state index in [1.54, 1.807) is 0 Å². The molecule has 0 radical (unpaired) electrons. The van der Waals surface area contributed by atoms with Crippen LogP contribution < -0.4 is 4.90 Å². The fourth-order valence-corrected chi connectivity index (χ4v) is 1.96. The normalized spacial score (nSPS) is 25.3.